The summed E-state index contributed by atoms with van der Waals surface area (Å²) in [6.45, 7) is 3.71. The summed E-state index contributed by atoms with van der Waals surface area (Å²) < 4.78 is 12.2. The largest absolute Gasteiger partial charge is 0.469 e. The van der Waals surface area contributed by atoms with Gasteiger partial charge in [0, 0.05) is 13.3 Å². The van der Waals surface area contributed by atoms with E-state index in [4.69, 9.17) is 15.2 Å². The smallest absolute Gasteiger partial charge is 0.206 e. The zero-order chi connectivity index (χ0) is 15.1. The molecule has 2 unspecified atom stereocenters. The van der Waals surface area contributed by atoms with Gasteiger partial charge >= 0.3 is 0 Å². The predicted octanol–water partition coefficient (Wildman–Crippen LogP) is 0.304. The zero-order valence-electron chi connectivity index (χ0n) is 11.2. The van der Waals surface area contributed by atoms with Crippen LogP contribution in [-0.2, 0) is 9.47 Å². The summed E-state index contributed by atoms with van der Waals surface area (Å²) >= 11 is 0. The van der Waals surface area contributed by atoms with Crippen molar-refractivity contribution in [2.45, 2.75) is 18.4 Å². The highest BCUT2D eigenvalue weighted by Gasteiger charge is 2.42. The van der Waals surface area contributed by atoms with Crippen LogP contribution in [0.1, 0.15) is 11.8 Å². The van der Waals surface area contributed by atoms with Gasteiger partial charge in [-0.3, -0.25) is 4.57 Å². The van der Waals surface area contributed by atoms with Crippen molar-refractivity contribution in [2.24, 2.45) is 0 Å². The Balaban J connectivity index is 2.17. The third-order valence-electron chi connectivity index (χ3n) is 3.48. The first kappa shape index (κ1) is 13.4. The highest BCUT2D eigenvalue weighted by atomic mass is 16.6. The number of aliphatic hydroxyl groups is 1. The van der Waals surface area contributed by atoms with E-state index in [1.165, 1.54) is 19.6 Å². The Morgan fingerprint density at radius 1 is 1.57 bits per heavy atom. The van der Waals surface area contributed by atoms with Gasteiger partial charge in [-0.25, -0.2) is 9.97 Å². The Labute approximate surface area is 120 Å². The number of nitriles is 1. The van der Waals surface area contributed by atoms with Gasteiger partial charge in [0.2, 0.25) is 6.23 Å². The molecule has 0 bridgehead atoms. The Kier molecular flexibility index (Phi) is 3.01. The van der Waals surface area contributed by atoms with E-state index in [2.05, 4.69) is 16.5 Å². The van der Waals surface area contributed by atoms with E-state index >= 15 is 0 Å². The molecule has 8 heteroatoms. The summed E-state index contributed by atoms with van der Waals surface area (Å²) in [4.78, 5) is 8.00. The molecule has 8 nitrogen and oxygen atoms in total. The van der Waals surface area contributed by atoms with Gasteiger partial charge in [-0.2, -0.15) is 5.26 Å². The molecular formula is C13H13N5O3. The molecule has 21 heavy (non-hydrogen) atoms. The summed E-state index contributed by atoms with van der Waals surface area (Å²) in [6, 6.07) is 2.03. The van der Waals surface area contributed by atoms with Crippen LogP contribution < -0.4 is 5.73 Å². The van der Waals surface area contributed by atoms with Gasteiger partial charge in [0.1, 0.15) is 41.8 Å². The summed E-state index contributed by atoms with van der Waals surface area (Å²) in [7, 11) is 1.46. The lowest BCUT2D eigenvalue weighted by Crippen LogP contribution is -2.29. The number of hydrogen-bond acceptors (Lipinski definition) is 7. The van der Waals surface area contributed by atoms with Gasteiger partial charge in [0.25, 0.3) is 0 Å². The lowest BCUT2D eigenvalue weighted by molar-refractivity contribution is -0.0220. The van der Waals surface area contributed by atoms with Crippen LogP contribution in [-0.4, -0.2) is 39.0 Å². The van der Waals surface area contributed by atoms with Gasteiger partial charge < -0.3 is 20.3 Å². The van der Waals surface area contributed by atoms with Crippen LogP contribution in [0.5, 0.6) is 0 Å². The molecule has 0 saturated carbocycles. The fraction of sp³-hybridized carbons (Fsp3) is 0.308. The van der Waals surface area contributed by atoms with Crippen molar-refractivity contribution in [1.82, 2.24) is 14.5 Å². The fourth-order valence-electron chi connectivity index (χ4n) is 2.51. The SMILES string of the molecule is C=C1O[C@@H](n2cc(C#N)c3c(N)ncnc32)C(O)C1OC. The maximum atomic E-state index is 10.3. The monoisotopic (exact) mass is 287 g/mol. The third-order valence-corrected chi connectivity index (χ3v) is 3.48. The Morgan fingerprint density at radius 3 is 2.95 bits per heavy atom. The van der Waals surface area contributed by atoms with Gasteiger partial charge in [-0.05, 0) is 0 Å². The number of methoxy groups -OCH3 is 1. The van der Waals surface area contributed by atoms with Crippen LogP contribution in [0.25, 0.3) is 11.0 Å². The van der Waals surface area contributed by atoms with E-state index in [1.54, 1.807) is 4.57 Å². The molecule has 108 valence electrons. The lowest BCUT2D eigenvalue weighted by atomic mass is 10.2. The molecule has 0 aromatic carbocycles. The number of nitrogens with two attached hydrogens (primary N) is 1. The van der Waals surface area contributed by atoms with Crippen molar-refractivity contribution in [3.8, 4) is 6.07 Å². The summed E-state index contributed by atoms with van der Waals surface area (Å²) in [5, 5.41) is 19.9. The molecule has 0 aliphatic carbocycles. The van der Waals surface area contributed by atoms with Gasteiger partial charge in [0.05, 0.1) is 10.9 Å². The molecule has 0 amide bonds. The van der Waals surface area contributed by atoms with E-state index in [0.29, 0.717) is 22.4 Å². The summed E-state index contributed by atoms with van der Waals surface area (Å²) in [6.07, 6.45) is 0.410. The second kappa shape index (κ2) is 4.73. The van der Waals surface area contributed by atoms with E-state index in [-0.39, 0.29) is 5.82 Å². The molecule has 2 aromatic rings. The topological polar surface area (TPSA) is 119 Å². The van der Waals surface area contributed by atoms with Crippen molar-refractivity contribution in [3.05, 3.63) is 30.4 Å². The molecule has 1 aliphatic rings. The second-order valence-corrected chi connectivity index (χ2v) is 4.64. The molecule has 1 saturated heterocycles. The van der Waals surface area contributed by atoms with Gasteiger partial charge in [0.15, 0.2) is 0 Å². The quantitative estimate of drug-likeness (QED) is 0.815. The molecular weight excluding hydrogens is 274 g/mol. The number of aliphatic hydroxyl groups excluding tert-OH is 1. The number of nitrogen functional groups attached to an aromatic ring is 1. The molecule has 3 rings (SSSR count). The maximum absolute atomic E-state index is 10.3. The molecule has 3 heterocycles. The number of anilines is 1. The van der Waals surface area contributed by atoms with Crippen molar-refractivity contribution >= 4 is 16.9 Å². The van der Waals surface area contributed by atoms with Gasteiger partial charge in [-0.15, -0.1) is 0 Å². The molecule has 1 fully saturated rings. The first-order valence-electron chi connectivity index (χ1n) is 6.16. The number of fused-ring (bicyclic) bond motifs is 1. The fourth-order valence-corrected chi connectivity index (χ4v) is 2.51. The molecule has 0 spiro atoms. The van der Waals surface area contributed by atoms with Crippen molar-refractivity contribution in [3.63, 3.8) is 0 Å². The Bertz CT molecular complexity index is 763. The lowest BCUT2D eigenvalue weighted by Gasteiger charge is -2.17. The van der Waals surface area contributed by atoms with Crippen LogP contribution in [0.15, 0.2) is 24.9 Å². The van der Waals surface area contributed by atoms with Gasteiger partial charge in [-0.1, -0.05) is 6.58 Å². The summed E-state index contributed by atoms with van der Waals surface area (Å²) in [5.74, 6) is 0.516. The predicted molar refractivity (Wildman–Crippen MR) is 72.7 cm³/mol. The van der Waals surface area contributed by atoms with Crippen molar-refractivity contribution in [1.29, 1.82) is 5.26 Å². The molecule has 3 N–H and O–H groups in total. The highest BCUT2D eigenvalue weighted by molar-refractivity contribution is 5.91. The first-order valence-corrected chi connectivity index (χ1v) is 6.16. The van der Waals surface area contributed by atoms with Crippen molar-refractivity contribution < 1.29 is 14.6 Å². The molecule has 1 aliphatic heterocycles. The van der Waals surface area contributed by atoms with Crippen LogP contribution in [0.3, 0.4) is 0 Å². The van der Waals surface area contributed by atoms with Crippen LogP contribution in [0.4, 0.5) is 5.82 Å². The van der Waals surface area contributed by atoms with Crippen LogP contribution in [0.2, 0.25) is 0 Å². The summed E-state index contributed by atoms with van der Waals surface area (Å²) in [5.41, 5.74) is 6.52. The first-order chi connectivity index (χ1) is 10.1. The minimum Gasteiger partial charge on any atom is -0.469 e. The number of ether oxygens (including phenoxy) is 2. The minimum atomic E-state index is -0.971. The normalized spacial score (nSPS) is 25.0. The van der Waals surface area contributed by atoms with E-state index in [9.17, 15) is 10.4 Å². The zero-order valence-corrected chi connectivity index (χ0v) is 11.2. The molecule has 2 aromatic heterocycles. The number of aromatic nitrogens is 3. The van der Waals surface area contributed by atoms with Crippen molar-refractivity contribution in [2.75, 3.05) is 12.8 Å². The third kappa shape index (κ3) is 1.83. The molecule has 0 radical (unpaired) electrons. The molecule has 3 atom stereocenters. The highest BCUT2D eigenvalue weighted by Crippen LogP contribution is 2.36. The van der Waals surface area contributed by atoms with E-state index < -0.39 is 18.4 Å². The van der Waals surface area contributed by atoms with E-state index in [0.717, 1.165) is 0 Å². The Morgan fingerprint density at radius 2 is 2.33 bits per heavy atom. The second-order valence-electron chi connectivity index (χ2n) is 4.64. The number of nitrogens with zero attached hydrogens (tertiary/aromatic N) is 4. The minimum absolute atomic E-state index is 0.199. The number of rotatable bonds is 2. The van der Waals surface area contributed by atoms with Crippen LogP contribution >= 0.6 is 0 Å². The number of hydrogen-bond donors (Lipinski definition) is 2. The average molecular weight is 287 g/mol. The maximum Gasteiger partial charge on any atom is 0.206 e. The standard InChI is InChI=1S/C13H13N5O3/c1-6-10(20-2)9(19)13(21-6)18-4-7(3-14)8-11(15)16-5-17-12(8)18/h4-5,9-10,13,19H,1H2,2H3,(H2,15,16,17)/t9?,10?,13-/m1/s1. The van der Waals surface area contributed by atoms with E-state index in [1.807, 2.05) is 6.07 Å². The Hall–Kier alpha value is -2.63. The van der Waals surface area contributed by atoms with Crippen LogP contribution in [0, 0.1) is 11.3 Å². The average Bonchev–Trinajstić information content (AvgIpc) is 2.97.